The zero-order valence-electron chi connectivity index (χ0n) is 11.9. The van der Waals surface area contributed by atoms with E-state index in [2.05, 4.69) is 35.7 Å². The van der Waals surface area contributed by atoms with Gasteiger partial charge in [0, 0.05) is 37.9 Å². The number of hydrogen-bond acceptors (Lipinski definition) is 4. The Labute approximate surface area is 114 Å². The molecule has 1 aromatic heterocycles. The molecular formula is C14H23N5. The van der Waals surface area contributed by atoms with Gasteiger partial charge in [0.05, 0.1) is 0 Å². The number of likely N-dealkylation sites (N-methyl/N-ethyl adjacent to an activating group) is 1. The molecule has 0 bridgehead atoms. The van der Waals surface area contributed by atoms with E-state index in [0.717, 1.165) is 19.6 Å². The second kappa shape index (κ2) is 5.67. The van der Waals surface area contributed by atoms with Gasteiger partial charge in [-0.05, 0) is 38.6 Å². The molecule has 3 N–H and O–H groups in total. The Bertz CT molecular complexity index is 447. The molecule has 0 spiro atoms. The zero-order chi connectivity index (χ0) is 14.0. The molecule has 0 radical (unpaired) electrons. The van der Waals surface area contributed by atoms with Crippen molar-refractivity contribution in [1.29, 1.82) is 5.41 Å². The topological polar surface area (TPSA) is 69.2 Å². The number of amidine groups is 1. The summed E-state index contributed by atoms with van der Waals surface area (Å²) in [4.78, 5) is 8.97. The summed E-state index contributed by atoms with van der Waals surface area (Å²) in [6.07, 6.45) is 1.73. The van der Waals surface area contributed by atoms with E-state index in [9.17, 15) is 0 Å². The summed E-state index contributed by atoms with van der Waals surface area (Å²) in [6.45, 7) is 7.55. The van der Waals surface area contributed by atoms with Gasteiger partial charge in [0.15, 0.2) is 0 Å². The highest BCUT2D eigenvalue weighted by atomic mass is 15.3. The molecule has 1 aliphatic rings. The van der Waals surface area contributed by atoms with Gasteiger partial charge in [0.1, 0.15) is 11.5 Å². The van der Waals surface area contributed by atoms with Gasteiger partial charge < -0.3 is 5.73 Å². The van der Waals surface area contributed by atoms with Crippen LogP contribution >= 0.6 is 0 Å². The SMILES string of the molecule is CC1CN(Cc2ccnc(C(=N)N)c2)CC(C)N1C. The first-order valence-corrected chi connectivity index (χ1v) is 6.71. The summed E-state index contributed by atoms with van der Waals surface area (Å²) in [6, 6.07) is 5.05. The molecule has 2 unspecified atom stereocenters. The third-order valence-corrected chi connectivity index (χ3v) is 3.94. The van der Waals surface area contributed by atoms with E-state index in [-0.39, 0.29) is 5.84 Å². The molecule has 1 aromatic rings. The number of aromatic nitrogens is 1. The lowest BCUT2D eigenvalue weighted by molar-refractivity contribution is 0.0556. The van der Waals surface area contributed by atoms with Gasteiger partial charge in [-0.1, -0.05) is 0 Å². The third kappa shape index (κ3) is 3.30. The monoisotopic (exact) mass is 261 g/mol. The number of hydrogen-bond donors (Lipinski definition) is 2. The fraction of sp³-hybridized carbons (Fsp3) is 0.571. The Kier molecular flexibility index (Phi) is 4.17. The molecule has 0 aromatic carbocycles. The number of rotatable bonds is 3. The molecule has 19 heavy (non-hydrogen) atoms. The summed E-state index contributed by atoms with van der Waals surface area (Å²) in [5.74, 6) is 0.0296. The standard InChI is InChI=1S/C14H23N5/c1-10-7-19(8-11(2)18(10)3)9-12-4-5-17-13(6-12)14(15)16/h4-6,10-11H,7-9H2,1-3H3,(H3,15,16). The average Bonchev–Trinajstić information content (AvgIpc) is 2.36. The first kappa shape index (κ1) is 14.0. The van der Waals surface area contributed by atoms with Crippen molar-refractivity contribution in [2.24, 2.45) is 5.73 Å². The lowest BCUT2D eigenvalue weighted by atomic mass is 10.1. The maximum Gasteiger partial charge on any atom is 0.141 e. The fourth-order valence-electron chi connectivity index (χ4n) is 2.62. The Hall–Kier alpha value is -1.46. The first-order valence-electron chi connectivity index (χ1n) is 6.71. The molecule has 2 rings (SSSR count). The van der Waals surface area contributed by atoms with Crippen molar-refractivity contribution in [2.75, 3.05) is 20.1 Å². The summed E-state index contributed by atoms with van der Waals surface area (Å²) in [5, 5.41) is 7.44. The smallest absolute Gasteiger partial charge is 0.141 e. The van der Waals surface area contributed by atoms with E-state index in [1.165, 1.54) is 5.56 Å². The Morgan fingerprint density at radius 3 is 2.63 bits per heavy atom. The minimum atomic E-state index is 0.0296. The van der Waals surface area contributed by atoms with E-state index in [0.29, 0.717) is 17.8 Å². The van der Waals surface area contributed by atoms with Crippen molar-refractivity contribution >= 4 is 5.84 Å². The van der Waals surface area contributed by atoms with Crippen LogP contribution < -0.4 is 5.73 Å². The highest BCUT2D eigenvalue weighted by molar-refractivity contribution is 5.93. The third-order valence-electron chi connectivity index (χ3n) is 3.94. The van der Waals surface area contributed by atoms with E-state index < -0.39 is 0 Å². The van der Waals surface area contributed by atoms with Crippen LogP contribution in [-0.2, 0) is 6.54 Å². The van der Waals surface area contributed by atoms with E-state index >= 15 is 0 Å². The van der Waals surface area contributed by atoms with Crippen molar-refractivity contribution in [3.63, 3.8) is 0 Å². The summed E-state index contributed by atoms with van der Waals surface area (Å²) < 4.78 is 0. The van der Waals surface area contributed by atoms with Crippen LogP contribution in [0.5, 0.6) is 0 Å². The first-order chi connectivity index (χ1) is 8.97. The summed E-state index contributed by atoms with van der Waals surface area (Å²) in [5.41, 5.74) is 7.21. The lowest BCUT2D eigenvalue weighted by Crippen LogP contribution is -2.54. The Morgan fingerprint density at radius 1 is 1.42 bits per heavy atom. The number of pyridine rings is 1. The fourth-order valence-corrected chi connectivity index (χ4v) is 2.62. The number of piperazine rings is 1. The van der Waals surface area contributed by atoms with Crippen LogP contribution in [0.15, 0.2) is 18.3 Å². The van der Waals surface area contributed by atoms with E-state index in [1.54, 1.807) is 6.20 Å². The highest BCUT2D eigenvalue weighted by Gasteiger charge is 2.26. The van der Waals surface area contributed by atoms with Gasteiger partial charge in [0.25, 0.3) is 0 Å². The van der Waals surface area contributed by atoms with Crippen molar-refractivity contribution < 1.29 is 0 Å². The molecular weight excluding hydrogens is 238 g/mol. The predicted molar refractivity (Wildman–Crippen MR) is 77.2 cm³/mol. The van der Waals surface area contributed by atoms with Crippen molar-refractivity contribution in [3.05, 3.63) is 29.6 Å². The van der Waals surface area contributed by atoms with E-state index in [4.69, 9.17) is 11.1 Å². The molecule has 1 aliphatic heterocycles. The number of nitrogens with two attached hydrogens (primary N) is 1. The molecule has 0 amide bonds. The van der Waals surface area contributed by atoms with Gasteiger partial charge in [-0.15, -0.1) is 0 Å². The summed E-state index contributed by atoms with van der Waals surface area (Å²) in [7, 11) is 2.19. The van der Waals surface area contributed by atoms with Crippen molar-refractivity contribution in [1.82, 2.24) is 14.8 Å². The molecule has 5 heteroatoms. The number of nitrogen functional groups attached to an aromatic ring is 1. The predicted octanol–water partition coefficient (Wildman–Crippen LogP) is 0.890. The number of nitrogens with one attached hydrogen (secondary N) is 1. The maximum atomic E-state index is 7.44. The van der Waals surface area contributed by atoms with Crippen LogP contribution in [0.2, 0.25) is 0 Å². The molecule has 1 fully saturated rings. The Morgan fingerprint density at radius 2 is 2.05 bits per heavy atom. The lowest BCUT2D eigenvalue weighted by Gasteiger charge is -2.42. The summed E-state index contributed by atoms with van der Waals surface area (Å²) >= 11 is 0. The van der Waals surface area contributed by atoms with Crippen molar-refractivity contribution in [2.45, 2.75) is 32.5 Å². The largest absolute Gasteiger partial charge is 0.382 e. The molecule has 2 heterocycles. The van der Waals surface area contributed by atoms with Crippen LogP contribution in [0.25, 0.3) is 0 Å². The molecule has 104 valence electrons. The number of nitrogens with zero attached hydrogens (tertiary/aromatic N) is 3. The van der Waals surface area contributed by atoms with Gasteiger partial charge in [-0.3, -0.25) is 20.2 Å². The zero-order valence-corrected chi connectivity index (χ0v) is 11.9. The van der Waals surface area contributed by atoms with Crippen LogP contribution in [0.3, 0.4) is 0 Å². The van der Waals surface area contributed by atoms with Crippen LogP contribution in [0, 0.1) is 5.41 Å². The molecule has 0 saturated carbocycles. The molecule has 5 nitrogen and oxygen atoms in total. The van der Waals surface area contributed by atoms with Gasteiger partial charge in [-0.25, -0.2) is 0 Å². The molecule has 1 saturated heterocycles. The minimum Gasteiger partial charge on any atom is -0.382 e. The second-order valence-electron chi connectivity index (χ2n) is 5.52. The van der Waals surface area contributed by atoms with Gasteiger partial charge in [0.2, 0.25) is 0 Å². The quantitative estimate of drug-likeness (QED) is 0.626. The normalized spacial score (nSPS) is 25.4. The van der Waals surface area contributed by atoms with Crippen molar-refractivity contribution in [3.8, 4) is 0 Å². The highest BCUT2D eigenvalue weighted by Crippen LogP contribution is 2.16. The molecule has 0 aliphatic carbocycles. The Balaban J connectivity index is 2.05. The van der Waals surface area contributed by atoms with Gasteiger partial charge in [-0.2, -0.15) is 0 Å². The average molecular weight is 261 g/mol. The van der Waals surface area contributed by atoms with Crippen LogP contribution in [0.1, 0.15) is 25.1 Å². The molecule has 2 atom stereocenters. The van der Waals surface area contributed by atoms with Gasteiger partial charge >= 0.3 is 0 Å². The van der Waals surface area contributed by atoms with Crippen LogP contribution in [-0.4, -0.2) is 52.8 Å². The maximum absolute atomic E-state index is 7.44. The van der Waals surface area contributed by atoms with Crippen LogP contribution in [0.4, 0.5) is 0 Å². The second-order valence-corrected chi connectivity index (χ2v) is 5.52. The minimum absolute atomic E-state index is 0.0296. The van der Waals surface area contributed by atoms with E-state index in [1.807, 2.05) is 12.1 Å².